The highest BCUT2D eigenvalue weighted by molar-refractivity contribution is 5.75. The topological polar surface area (TPSA) is 74.1 Å². The lowest BCUT2D eigenvalue weighted by Gasteiger charge is -2.12. The Morgan fingerprint density at radius 2 is 1.81 bits per heavy atom. The molecule has 7 nitrogen and oxygen atoms in total. The molecule has 0 unspecified atom stereocenters. The van der Waals surface area contributed by atoms with E-state index >= 15 is 0 Å². The second-order valence-corrected chi connectivity index (χ2v) is 6.99. The minimum atomic E-state index is -4.77. The van der Waals surface area contributed by atoms with Crippen LogP contribution in [-0.4, -0.2) is 32.7 Å². The number of aromatic nitrogens is 4. The van der Waals surface area contributed by atoms with Crippen LogP contribution in [0.1, 0.15) is 0 Å². The Balaban J connectivity index is 1.48. The lowest BCUT2D eigenvalue weighted by atomic mass is 10.0. The van der Waals surface area contributed by atoms with E-state index in [0.29, 0.717) is 36.4 Å². The van der Waals surface area contributed by atoms with Gasteiger partial charge < -0.3 is 14.8 Å². The Labute approximate surface area is 180 Å². The fourth-order valence-corrected chi connectivity index (χ4v) is 3.51. The van der Waals surface area contributed by atoms with Crippen molar-refractivity contribution in [3.8, 4) is 34.0 Å². The summed E-state index contributed by atoms with van der Waals surface area (Å²) in [6.07, 6.45) is -1.32. The van der Waals surface area contributed by atoms with Crippen molar-refractivity contribution in [1.82, 2.24) is 19.7 Å². The van der Waals surface area contributed by atoms with Crippen LogP contribution in [0.3, 0.4) is 0 Å². The van der Waals surface area contributed by atoms with Gasteiger partial charge >= 0.3 is 6.36 Å². The zero-order chi connectivity index (χ0) is 22.1. The SMILES string of the molecule is FC(F)(F)Oc1cccc(Nc2nnc3n2CCOc2ccc(-c4ccncc4)cc2-3)c1. The number of nitrogens with one attached hydrogen (secondary N) is 1. The summed E-state index contributed by atoms with van der Waals surface area (Å²) < 4.78 is 49.3. The molecular weight excluding hydrogens is 423 g/mol. The maximum Gasteiger partial charge on any atom is 0.573 e. The first-order valence-corrected chi connectivity index (χ1v) is 9.70. The predicted molar refractivity (Wildman–Crippen MR) is 111 cm³/mol. The molecule has 5 rings (SSSR count). The summed E-state index contributed by atoms with van der Waals surface area (Å²) in [4.78, 5) is 4.05. The van der Waals surface area contributed by atoms with Gasteiger partial charge in [-0.1, -0.05) is 12.1 Å². The Kier molecular flexibility index (Phi) is 4.89. The Morgan fingerprint density at radius 3 is 2.62 bits per heavy atom. The number of benzene rings is 2. The molecule has 0 amide bonds. The van der Waals surface area contributed by atoms with Gasteiger partial charge in [0.05, 0.1) is 12.1 Å². The van der Waals surface area contributed by atoms with Gasteiger partial charge in [-0.2, -0.15) is 0 Å². The molecule has 10 heteroatoms. The van der Waals surface area contributed by atoms with Crippen LogP contribution in [-0.2, 0) is 6.54 Å². The summed E-state index contributed by atoms with van der Waals surface area (Å²) in [7, 11) is 0. The summed E-state index contributed by atoms with van der Waals surface area (Å²) >= 11 is 0. The van der Waals surface area contributed by atoms with Crippen molar-refractivity contribution in [3.63, 3.8) is 0 Å². The summed E-state index contributed by atoms with van der Waals surface area (Å²) in [5.41, 5.74) is 3.13. The quantitative estimate of drug-likeness (QED) is 0.480. The molecule has 3 heterocycles. The molecular formula is C22H16F3N5O2. The summed E-state index contributed by atoms with van der Waals surface area (Å²) in [5, 5.41) is 11.6. The minimum absolute atomic E-state index is 0.325. The fraction of sp³-hybridized carbons (Fsp3) is 0.136. The molecule has 0 saturated carbocycles. The molecule has 32 heavy (non-hydrogen) atoms. The Hall–Kier alpha value is -4.08. The maximum absolute atomic E-state index is 12.5. The fourth-order valence-electron chi connectivity index (χ4n) is 3.51. The normalized spacial score (nSPS) is 12.8. The molecule has 1 aliphatic rings. The number of alkyl halides is 3. The number of ether oxygens (including phenoxy) is 2. The molecule has 0 bridgehead atoms. The average Bonchev–Trinajstić information content (AvgIpc) is 3.06. The standard InChI is InChI=1S/C22H16F3N5O2/c23-22(24,25)32-17-3-1-2-16(13-17)27-21-29-28-20-18-12-15(14-6-8-26-9-7-14)4-5-19(18)31-11-10-30(20)21/h1-9,12-13H,10-11H2,(H,27,29). The van der Waals surface area contributed by atoms with Crippen LogP contribution < -0.4 is 14.8 Å². The van der Waals surface area contributed by atoms with E-state index in [-0.39, 0.29) is 5.75 Å². The number of pyridine rings is 1. The van der Waals surface area contributed by atoms with E-state index in [0.717, 1.165) is 16.7 Å². The van der Waals surface area contributed by atoms with Crippen molar-refractivity contribution in [2.75, 3.05) is 11.9 Å². The van der Waals surface area contributed by atoms with E-state index in [1.807, 2.05) is 34.9 Å². The van der Waals surface area contributed by atoms with Crippen molar-refractivity contribution in [2.24, 2.45) is 0 Å². The molecule has 0 saturated heterocycles. The van der Waals surface area contributed by atoms with Crippen molar-refractivity contribution in [1.29, 1.82) is 0 Å². The average molecular weight is 439 g/mol. The van der Waals surface area contributed by atoms with Crippen LogP contribution in [0, 0.1) is 0 Å². The van der Waals surface area contributed by atoms with Gasteiger partial charge in [-0.15, -0.1) is 23.4 Å². The van der Waals surface area contributed by atoms with Gasteiger partial charge in [-0.25, -0.2) is 0 Å². The highest BCUT2D eigenvalue weighted by Crippen LogP contribution is 2.36. The van der Waals surface area contributed by atoms with E-state index in [2.05, 4.69) is 25.2 Å². The van der Waals surface area contributed by atoms with Crippen LogP contribution in [0.15, 0.2) is 67.0 Å². The predicted octanol–water partition coefficient (Wildman–Crippen LogP) is 5.04. The van der Waals surface area contributed by atoms with Gasteiger partial charge in [0.15, 0.2) is 5.82 Å². The highest BCUT2D eigenvalue weighted by Gasteiger charge is 2.31. The third kappa shape index (κ3) is 4.07. The molecule has 2 aromatic carbocycles. The number of fused-ring (bicyclic) bond motifs is 3. The first-order valence-electron chi connectivity index (χ1n) is 9.70. The van der Waals surface area contributed by atoms with Crippen LogP contribution in [0.4, 0.5) is 24.8 Å². The van der Waals surface area contributed by atoms with Crippen LogP contribution >= 0.6 is 0 Å². The highest BCUT2D eigenvalue weighted by atomic mass is 19.4. The second kappa shape index (κ2) is 7.88. The van der Waals surface area contributed by atoms with Gasteiger partial charge in [0.2, 0.25) is 5.95 Å². The molecule has 162 valence electrons. The van der Waals surface area contributed by atoms with E-state index < -0.39 is 6.36 Å². The minimum Gasteiger partial charge on any atom is -0.491 e. The van der Waals surface area contributed by atoms with E-state index in [9.17, 15) is 13.2 Å². The zero-order valence-corrected chi connectivity index (χ0v) is 16.5. The number of hydrogen-bond acceptors (Lipinski definition) is 6. The van der Waals surface area contributed by atoms with Gasteiger partial charge in [0, 0.05) is 24.1 Å². The molecule has 1 aliphatic heterocycles. The summed E-state index contributed by atoms with van der Waals surface area (Å²) in [6, 6.07) is 15.2. The lowest BCUT2D eigenvalue weighted by Crippen LogP contribution is -2.17. The van der Waals surface area contributed by atoms with Crippen molar-refractivity contribution >= 4 is 11.6 Å². The molecule has 0 spiro atoms. The Morgan fingerprint density at radius 1 is 0.969 bits per heavy atom. The summed E-state index contributed by atoms with van der Waals surface area (Å²) in [6.45, 7) is 0.848. The van der Waals surface area contributed by atoms with Crippen LogP contribution in [0.25, 0.3) is 22.5 Å². The number of hydrogen-bond donors (Lipinski definition) is 1. The first kappa shape index (κ1) is 19.9. The number of anilines is 2. The number of halogens is 3. The smallest absolute Gasteiger partial charge is 0.491 e. The van der Waals surface area contributed by atoms with E-state index in [1.165, 1.54) is 18.2 Å². The van der Waals surface area contributed by atoms with Gasteiger partial charge in [0.25, 0.3) is 0 Å². The van der Waals surface area contributed by atoms with Crippen LogP contribution in [0.2, 0.25) is 0 Å². The molecule has 0 atom stereocenters. The second-order valence-electron chi connectivity index (χ2n) is 6.99. The van der Waals surface area contributed by atoms with Gasteiger partial charge in [-0.3, -0.25) is 9.55 Å². The number of nitrogens with zero attached hydrogens (tertiary/aromatic N) is 4. The van der Waals surface area contributed by atoms with E-state index in [1.54, 1.807) is 18.5 Å². The van der Waals surface area contributed by atoms with Crippen molar-refractivity contribution in [2.45, 2.75) is 12.9 Å². The largest absolute Gasteiger partial charge is 0.573 e. The van der Waals surface area contributed by atoms with Crippen LogP contribution in [0.5, 0.6) is 11.5 Å². The molecule has 0 fully saturated rings. The third-order valence-electron chi connectivity index (χ3n) is 4.88. The van der Waals surface area contributed by atoms with Gasteiger partial charge in [0.1, 0.15) is 18.1 Å². The van der Waals surface area contributed by atoms with Crippen molar-refractivity contribution in [3.05, 3.63) is 67.0 Å². The molecule has 2 aromatic heterocycles. The molecule has 4 aromatic rings. The van der Waals surface area contributed by atoms with Gasteiger partial charge in [-0.05, 0) is 47.5 Å². The molecule has 0 radical (unpaired) electrons. The van der Waals surface area contributed by atoms with Crippen molar-refractivity contribution < 1.29 is 22.6 Å². The molecule has 1 N–H and O–H groups in total. The molecule has 0 aliphatic carbocycles. The number of rotatable bonds is 4. The zero-order valence-electron chi connectivity index (χ0n) is 16.5. The Bertz CT molecular complexity index is 1260. The van der Waals surface area contributed by atoms with E-state index in [4.69, 9.17) is 4.74 Å². The first-order chi connectivity index (χ1) is 15.5. The lowest BCUT2D eigenvalue weighted by molar-refractivity contribution is -0.274. The maximum atomic E-state index is 12.5. The third-order valence-corrected chi connectivity index (χ3v) is 4.88. The summed E-state index contributed by atoms with van der Waals surface area (Å²) in [5.74, 6) is 1.34. The monoisotopic (exact) mass is 439 g/mol.